The zero-order valence-electron chi connectivity index (χ0n) is 61.5. The van der Waals surface area contributed by atoms with Gasteiger partial charge in [-0.05, 0) is 131 Å². The number of fused-ring (bicyclic) bond motifs is 4. The van der Waals surface area contributed by atoms with Crippen LogP contribution in [0.4, 0.5) is 0 Å². The first-order valence-electron chi connectivity index (χ1n) is 37.0. The first kappa shape index (κ1) is 70.0. The zero-order valence-corrected chi connectivity index (χ0v) is 61.5. The minimum Gasteiger partial charge on any atom is -0.233 e. The van der Waals surface area contributed by atoms with Crippen LogP contribution < -0.4 is 0 Å². The van der Waals surface area contributed by atoms with Gasteiger partial charge in [0.15, 0.2) is 23.3 Å². The van der Waals surface area contributed by atoms with Crippen LogP contribution in [-0.4, -0.2) is 39.9 Å². The lowest BCUT2D eigenvalue weighted by Gasteiger charge is -2.11. The van der Waals surface area contributed by atoms with Crippen molar-refractivity contribution < 1.29 is 0 Å². The lowest BCUT2D eigenvalue weighted by atomic mass is 10.0. The Kier molecular flexibility index (Phi) is 20.7. The number of hydrogen-bond acceptors (Lipinski definition) is 8. The molecule has 0 aliphatic rings. The summed E-state index contributed by atoms with van der Waals surface area (Å²) in [6, 6.07) is 134. The van der Waals surface area contributed by atoms with Crippen LogP contribution in [0.1, 0.15) is 22.4 Å². The quantitative estimate of drug-likeness (QED) is 0.126. The van der Waals surface area contributed by atoms with Crippen LogP contribution >= 0.6 is 0 Å². The van der Waals surface area contributed by atoms with Crippen molar-refractivity contribution in [2.45, 2.75) is 27.7 Å². The van der Waals surface area contributed by atoms with Crippen LogP contribution in [-0.2, 0) is 0 Å². The van der Waals surface area contributed by atoms with E-state index in [1.54, 1.807) is 0 Å². The van der Waals surface area contributed by atoms with Crippen molar-refractivity contribution >= 4 is 43.1 Å². The fourth-order valence-electron chi connectivity index (χ4n) is 13.6. The molecule has 0 radical (unpaired) electrons. The third-order valence-corrected chi connectivity index (χ3v) is 19.4. The van der Waals surface area contributed by atoms with Crippen LogP contribution in [0.5, 0.6) is 0 Å². The monoisotopic (exact) mass is 1410 g/mol. The predicted octanol–water partition coefficient (Wildman–Crippen LogP) is 26.1. The van der Waals surface area contributed by atoms with E-state index in [-0.39, 0.29) is 0 Å². The van der Waals surface area contributed by atoms with Crippen LogP contribution in [0, 0.1) is 27.7 Å². The molecule has 0 bridgehead atoms. The van der Waals surface area contributed by atoms with Gasteiger partial charge in [-0.25, -0.2) is 39.9 Å². The van der Waals surface area contributed by atoms with Gasteiger partial charge < -0.3 is 0 Å². The van der Waals surface area contributed by atoms with Crippen LogP contribution in [0.25, 0.3) is 167 Å². The highest BCUT2D eigenvalue weighted by Gasteiger charge is 2.17. The summed E-state index contributed by atoms with van der Waals surface area (Å²) in [6.45, 7) is 8.33. The largest absolute Gasteiger partial charge is 0.233 e. The summed E-state index contributed by atoms with van der Waals surface area (Å²) < 4.78 is 0. The molecule has 0 saturated carbocycles. The molecular formula is C102H76N8. The summed E-state index contributed by atoms with van der Waals surface area (Å²) in [4.78, 5) is 38.8. The Morgan fingerprint density at radius 3 is 0.791 bits per heavy atom. The number of benzene rings is 15. The van der Waals surface area contributed by atoms with Gasteiger partial charge in [0.05, 0.1) is 39.9 Å². The van der Waals surface area contributed by atoms with E-state index in [9.17, 15) is 0 Å². The van der Waals surface area contributed by atoms with E-state index in [1.807, 2.05) is 97.9 Å². The second kappa shape index (κ2) is 32.6. The summed E-state index contributed by atoms with van der Waals surface area (Å²) in [5, 5.41) is 9.78. The maximum Gasteiger partial charge on any atom is 0.160 e. The van der Waals surface area contributed by atoms with Gasteiger partial charge in [-0.1, -0.05) is 345 Å². The van der Waals surface area contributed by atoms with Gasteiger partial charge in [0, 0.05) is 66.9 Å². The van der Waals surface area contributed by atoms with Crippen LogP contribution in [0.15, 0.2) is 388 Å². The normalized spacial score (nSPS) is 10.9. The van der Waals surface area contributed by atoms with Crippen molar-refractivity contribution in [2.24, 2.45) is 0 Å². The van der Waals surface area contributed by atoms with E-state index in [4.69, 9.17) is 34.9 Å². The van der Waals surface area contributed by atoms with Gasteiger partial charge in [-0.15, -0.1) is 0 Å². The molecule has 15 aromatic carbocycles. The van der Waals surface area contributed by atoms with Crippen molar-refractivity contribution in [2.75, 3.05) is 0 Å². The molecule has 19 aromatic rings. The maximum absolute atomic E-state index is 4.92. The standard InChI is InChI=1S/3C27H20N2.C21H16N2/c1-19-9-5-8-14-24(19)26-18-25(28-27(29-26)21-11-3-2-4-12-21)23-16-15-20-10-6-7-13-22(20)17-23;1-19-8-7-13-23(16-19)25-18-26(29-27(28-25)21-10-3-2-4-11-21)24-15-14-20-9-5-6-12-22(20)17-24;1-19-11-13-21(14-12-19)25-18-26(29-27(28-25)22-8-3-2-4-9-22)24-16-15-20-7-5-6-10-23(20)17-24;1-15-13-20(23-21(22-15)17-8-3-2-4-9-17)19-12-11-16-7-5-6-10-18(16)14-19/h3*2-18H,1H3;2-14H,1H3. The maximum atomic E-state index is 4.92. The number of hydrogen-bond donors (Lipinski definition) is 0. The SMILES string of the molecule is Cc1cc(-c2ccc3ccccc3c2)nc(-c2ccccc2)n1.Cc1ccc(-c2cc(-c3ccc4ccccc4c3)nc(-c3ccccc3)n2)cc1.Cc1cccc(-c2cc(-c3ccc4ccccc4c3)nc(-c3ccccc3)n2)c1.Cc1ccccc1-c1cc(-c2ccc3ccccc3c2)nc(-c2ccccc2)n1. The Morgan fingerprint density at radius 1 is 0.155 bits per heavy atom. The number of aromatic nitrogens is 8. The fourth-order valence-corrected chi connectivity index (χ4v) is 13.6. The summed E-state index contributed by atoms with van der Waals surface area (Å²) >= 11 is 0. The molecule has 8 nitrogen and oxygen atoms in total. The molecule has 8 heteroatoms. The Labute approximate surface area is 641 Å². The molecule has 0 atom stereocenters. The molecule has 0 spiro atoms. The van der Waals surface area contributed by atoms with E-state index >= 15 is 0 Å². The van der Waals surface area contributed by atoms with Crippen molar-refractivity contribution in [1.29, 1.82) is 0 Å². The van der Waals surface area contributed by atoms with Gasteiger partial charge in [0.1, 0.15) is 0 Å². The highest BCUT2D eigenvalue weighted by molar-refractivity contribution is 5.91. The molecule has 4 aromatic heterocycles. The molecule has 0 saturated heterocycles. The fraction of sp³-hybridized carbons (Fsp3) is 0.0392. The number of nitrogens with zero attached hydrogens (tertiary/aromatic N) is 8. The van der Waals surface area contributed by atoms with Gasteiger partial charge >= 0.3 is 0 Å². The van der Waals surface area contributed by atoms with Gasteiger partial charge in [0.25, 0.3) is 0 Å². The molecule has 0 unspecified atom stereocenters. The predicted molar refractivity (Wildman–Crippen MR) is 457 cm³/mol. The van der Waals surface area contributed by atoms with E-state index in [2.05, 4.69) is 323 Å². The topological polar surface area (TPSA) is 103 Å². The second-order valence-corrected chi connectivity index (χ2v) is 27.4. The van der Waals surface area contributed by atoms with E-state index < -0.39 is 0 Å². The molecule has 19 rings (SSSR count). The second-order valence-electron chi connectivity index (χ2n) is 27.4. The molecular weight excluding hydrogens is 1340 g/mol. The first-order chi connectivity index (χ1) is 54.1. The lowest BCUT2D eigenvalue weighted by molar-refractivity contribution is 1.12. The minimum absolute atomic E-state index is 0.742. The Hall–Kier alpha value is -14.3. The summed E-state index contributed by atoms with van der Waals surface area (Å²) in [5.41, 5.74) is 23.0. The number of aryl methyl sites for hydroxylation is 4. The minimum atomic E-state index is 0.742. The average molecular weight is 1410 g/mol. The van der Waals surface area contributed by atoms with E-state index in [1.165, 1.54) is 59.8 Å². The Bertz CT molecular complexity index is 6450. The lowest BCUT2D eigenvalue weighted by Crippen LogP contribution is -1.96. The molecule has 0 aliphatic carbocycles. The van der Waals surface area contributed by atoms with Crippen molar-refractivity contribution in [3.8, 4) is 124 Å². The van der Waals surface area contributed by atoms with Crippen molar-refractivity contribution in [3.05, 3.63) is 411 Å². The molecule has 0 aliphatic heterocycles. The third-order valence-electron chi connectivity index (χ3n) is 19.4. The molecule has 4 heterocycles. The third kappa shape index (κ3) is 16.5. The first-order valence-corrected chi connectivity index (χ1v) is 37.0. The number of rotatable bonds is 11. The molecule has 524 valence electrons. The van der Waals surface area contributed by atoms with Gasteiger partial charge in [-0.3, -0.25) is 0 Å². The summed E-state index contributed by atoms with van der Waals surface area (Å²) in [7, 11) is 0. The highest BCUT2D eigenvalue weighted by Crippen LogP contribution is 2.35. The Balaban J connectivity index is 0.000000112. The van der Waals surface area contributed by atoms with Gasteiger partial charge in [-0.2, -0.15) is 0 Å². The summed E-state index contributed by atoms with van der Waals surface area (Å²) in [5.74, 6) is 3.00. The molecule has 110 heavy (non-hydrogen) atoms. The van der Waals surface area contributed by atoms with E-state index in [0.29, 0.717) is 0 Å². The highest BCUT2D eigenvalue weighted by atomic mass is 14.9. The van der Waals surface area contributed by atoms with Crippen LogP contribution in [0.2, 0.25) is 0 Å². The average Bonchev–Trinajstić information content (AvgIpc) is 1.43. The smallest absolute Gasteiger partial charge is 0.160 e. The van der Waals surface area contributed by atoms with Crippen molar-refractivity contribution in [1.82, 2.24) is 39.9 Å². The molecule has 0 fully saturated rings. The molecule has 0 amide bonds. The zero-order chi connectivity index (χ0) is 74.5. The Morgan fingerprint density at radius 2 is 0.427 bits per heavy atom. The summed E-state index contributed by atoms with van der Waals surface area (Å²) in [6.07, 6.45) is 0. The van der Waals surface area contributed by atoms with Crippen LogP contribution in [0.3, 0.4) is 0 Å². The van der Waals surface area contributed by atoms with Gasteiger partial charge in [0.2, 0.25) is 0 Å². The molecule has 0 N–H and O–H groups in total. The van der Waals surface area contributed by atoms with E-state index in [0.717, 1.165) is 130 Å². The van der Waals surface area contributed by atoms with Crippen molar-refractivity contribution in [3.63, 3.8) is 0 Å².